The molecule has 0 bridgehead atoms. The Morgan fingerprint density at radius 1 is 0.788 bits per heavy atom. The summed E-state index contributed by atoms with van der Waals surface area (Å²) in [6.07, 6.45) is 12.3. The second-order valence-electron chi connectivity index (χ2n) is 8.90. The Balaban J connectivity index is 1.46. The summed E-state index contributed by atoms with van der Waals surface area (Å²) in [5.74, 6) is 0. The van der Waals surface area contributed by atoms with E-state index in [1.54, 1.807) is 0 Å². The first-order chi connectivity index (χ1) is 16.1. The fraction of sp³-hybridized carbons (Fsp3) is 0.423. The Labute approximate surface area is 211 Å². The quantitative estimate of drug-likeness (QED) is 0.400. The number of alkyl halides is 1. The summed E-state index contributed by atoms with van der Waals surface area (Å²) in [5, 5.41) is 0. The highest BCUT2D eigenvalue weighted by atomic mass is 127. The Hall–Kier alpha value is -1.94. The first-order valence-electron chi connectivity index (χ1n) is 11.7. The molecule has 0 amide bonds. The largest absolute Gasteiger partial charge is 0.295 e. The van der Waals surface area contributed by atoms with Crippen molar-refractivity contribution in [2.75, 3.05) is 45.8 Å². The second kappa shape index (κ2) is 12.0. The molecule has 0 saturated carbocycles. The van der Waals surface area contributed by atoms with Crippen molar-refractivity contribution in [3.8, 4) is 0 Å². The van der Waals surface area contributed by atoms with Gasteiger partial charge in [0.05, 0.1) is 20.5 Å². The molecule has 1 unspecified atom stereocenters. The maximum absolute atomic E-state index is 4.80. The van der Waals surface area contributed by atoms with Crippen LogP contribution in [0.15, 0.2) is 77.7 Å². The van der Waals surface area contributed by atoms with Crippen LogP contribution >= 0.6 is 22.6 Å². The lowest BCUT2D eigenvalue weighted by molar-refractivity contribution is 0.207. The summed E-state index contributed by atoms with van der Waals surface area (Å²) in [5.41, 5.74) is 3.38. The number of nitrogens with zero attached hydrogens (tertiary/aromatic N) is 6. The fourth-order valence-corrected chi connectivity index (χ4v) is 4.41. The lowest BCUT2D eigenvalue weighted by Crippen LogP contribution is -2.37. The van der Waals surface area contributed by atoms with Gasteiger partial charge in [-0.25, -0.2) is 0 Å². The van der Waals surface area contributed by atoms with Crippen LogP contribution in [0.25, 0.3) is 0 Å². The lowest BCUT2D eigenvalue weighted by atomic mass is 10.2. The molecule has 1 fully saturated rings. The molecule has 1 saturated heterocycles. The average molecular weight is 556 g/mol. The van der Waals surface area contributed by atoms with Crippen LogP contribution in [0.4, 0.5) is 0 Å². The van der Waals surface area contributed by atoms with Gasteiger partial charge >= 0.3 is 0 Å². The zero-order valence-corrected chi connectivity index (χ0v) is 21.5. The molecule has 2 aromatic heterocycles. The molecule has 174 valence electrons. The number of aromatic nitrogens is 2. The standard InChI is InChI=1S/C26H33IN6/c1-26(27)10-6-9-25(30-22-26)21-33-17-15-31(19-23-7-2-4-11-28-23)13-14-32(16-18-33)20-24-8-3-5-12-29-24/h2-12,22H,13-21H2,1H3. The number of allylic oxidation sites excluding steroid dienone is 3. The van der Waals surface area contributed by atoms with Crippen molar-refractivity contribution in [3.05, 3.63) is 84.1 Å². The summed E-state index contributed by atoms with van der Waals surface area (Å²) in [4.78, 5) is 21.5. The lowest BCUT2D eigenvalue weighted by Gasteiger charge is -2.25. The van der Waals surface area contributed by atoms with Crippen molar-refractivity contribution in [3.63, 3.8) is 0 Å². The first kappa shape index (κ1) is 24.2. The minimum absolute atomic E-state index is 0.0251. The van der Waals surface area contributed by atoms with Gasteiger partial charge in [-0.1, -0.05) is 46.9 Å². The normalized spacial score (nSPS) is 23.4. The summed E-state index contributed by atoms with van der Waals surface area (Å²) in [6, 6.07) is 12.3. The number of pyridine rings is 2. The zero-order valence-electron chi connectivity index (χ0n) is 19.4. The summed E-state index contributed by atoms with van der Waals surface area (Å²) >= 11 is 2.43. The van der Waals surface area contributed by atoms with Crippen LogP contribution in [-0.4, -0.2) is 80.1 Å². The molecule has 6 nitrogen and oxygen atoms in total. The molecular formula is C26H33IN6. The van der Waals surface area contributed by atoms with Gasteiger partial charge in [0.15, 0.2) is 0 Å². The molecule has 33 heavy (non-hydrogen) atoms. The molecule has 4 rings (SSSR count). The van der Waals surface area contributed by atoms with E-state index < -0.39 is 0 Å². The zero-order chi connectivity index (χ0) is 22.9. The van der Waals surface area contributed by atoms with Crippen LogP contribution < -0.4 is 0 Å². The van der Waals surface area contributed by atoms with E-state index in [4.69, 9.17) is 4.99 Å². The number of hydrogen-bond donors (Lipinski definition) is 0. The molecule has 2 aliphatic rings. The fourth-order valence-electron chi connectivity index (χ4n) is 4.06. The SMILES string of the molecule is CC1(I)C=CC=C(CN2CCN(Cc3ccccn3)CCN(Cc3ccccn3)CC2)N=C1. The van der Waals surface area contributed by atoms with Gasteiger partial charge in [0.1, 0.15) is 0 Å². The van der Waals surface area contributed by atoms with Crippen LogP contribution in [0.1, 0.15) is 18.3 Å². The molecule has 0 aromatic carbocycles. The van der Waals surface area contributed by atoms with E-state index in [9.17, 15) is 0 Å². The molecule has 0 radical (unpaired) electrons. The molecule has 1 atom stereocenters. The van der Waals surface area contributed by atoms with Crippen molar-refractivity contribution in [2.45, 2.75) is 23.4 Å². The Bertz CT molecular complexity index is 904. The summed E-state index contributed by atoms with van der Waals surface area (Å²) in [6.45, 7) is 10.9. The van der Waals surface area contributed by atoms with Crippen molar-refractivity contribution in [1.82, 2.24) is 24.7 Å². The van der Waals surface area contributed by atoms with E-state index in [0.717, 1.165) is 76.0 Å². The second-order valence-corrected chi connectivity index (χ2v) is 11.2. The molecule has 0 aliphatic carbocycles. The van der Waals surface area contributed by atoms with Crippen LogP contribution in [0.2, 0.25) is 0 Å². The maximum atomic E-state index is 4.80. The highest BCUT2D eigenvalue weighted by Crippen LogP contribution is 2.20. The average Bonchev–Trinajstić information content (AvgIpc) is 2.93. The Kier molecular flexibility index (Phi) is 8.77. The molecule has 7 heteroatoms. The van der Waals surface area contributed by atoms with Gasteiger partial charge in [0.2, 0.25) is 0 Å². The Morgan fingerprint density at radius 3 is 1.79 bits per heavy atom. The Morgan fingerprint density at radius 2 is 1.30 bits per heavy atom. The molecule has 0 N–H and O–H groups in total. The summed E-state index contributed by atoms with van der Waals surface area (Å²) < 4.78 is -0.0251. The van der Waals surface area contributed by atoms with Crippen molar-refractivity contribution >= 4 is 28.8 Å². The van der Waals surface area contributed by atoms with E-state index in [2.05, 4.69) is 103 Å². The number of halogens is 1. The monoisotopic (exact) mass is 556 g/mol. The predicted octanol–water partition coefficient (Wildman–Crippen LogP) is 3.81. The van der Waals surface area contributed by atoms with E-state index in [-0.39, 0.29) is 3.42 Å². The van der Waals surface area contributed by atoms with E-state index in [0.29, 0.717) is 0 Å². The number of aliphatic imine (C=N–C) groups is 1. The predicted molar refractivity (Wildman–Crippen MR) is 144 cm³/mol. The number of rotatable bonds is 6. The third-order valence-corrected chi connectivity index (χ3v) is 6.64. The van der Waals surface area contributed by atoms with Gasteiger partial charge in [-0.3, -0.25) is 29.7 Å². The van der Waals surface area contributed by atoms with Gasteiger partial charge in [0.25, 0.3) is 0 Å². The molecule has 2 aromatic rings. The topological polar surface area (TPSA) is 47.9 Å². The van der Waals surface area contributed by atoms with Gasteiger partial charge in [-0.2, -0.15) is 0 Å². The molecular weight excluding hydrogens is 523 g/mol. The van der Waals surface area contributed by atoms with E-state index >= 15 is 0 Å². The van der Waals surface area contributed by atoms with Gasteiger partial charge in [0, 0.05) is 77.5 Å². The van der Waals surface area contributed by atoms with Gasteiger partial charge < -0.3 is 0 Å². The van der Waals surface area contributed by atoms with Crippen LogP contribution in [-0.2, 0) is 13.1 Å². The van der Waals surface area contributed by atoms with Gasteiger partial charge in [-0.15, -0.1) is 0 Å². The minimum Gasteiger partial charge on any atom is -0.295 e. The highest BCUT2D eigenvalue weighted by molar-refractivity contribution is 14.1. The van der Waals surface area contributed by atoms with E-state index in [1.807, 2.05) is 24.5 Å². The molecule has 4 heterocycles. The van der Waals surface area contributed by atoms with Crippen molar-refractivity contribution in [1.29, 1.82) is 0 Å². The van der Waals surface area contributed by atoms with Crippen molar-refractivity contribution in [2.24, 2.45) is 4.99 Å². The minimum atomic E-state index is -0.0251. The van der Waals surface area contributed by atoms with E-state index in [1.165, 1.54) is 0 Å². The smallest absolute Gasteiger partial charge is 0.0727 e. The number of hydrogen-bond acceptors (Lipinski definition) is 6. The van der Waals surface area contributed by atoms with Gasteiger partial charge in [-0.05, 0) is 37.3 Å². The summed E-state index contributed by atoms with van der Waals surface area (Å²) in [7, 11) is 0. The molecule has 0 spiro atoms. The van der Waals surface area contributed by atoms with Crippen LogP contribution in [0.5, 0.6) is 0 Å². The van der Waals surface area contributed by atoms with Crippen molar-refractivity contribution < 1.29 is 0 Å². The third-order valence-electron chi connectivity index (χ3n) is 6.00. The molecule has 2 aliphatic heterocycles. The maximum Gasteiger partial charge on any atom is 0.0727 e. The first-order valence-corrected chi connectivity index (χ1v) is 12.7. The van der Waals surface area contributed by atoms with Crippen LogP contribution in [0.3, 0.4) is 0 Å². The van der Waals surface area contributed by atoms with Crippen LogP contribution in [0, 0.1) is 0 Å². The third kappa shape index (κ3) is 8.10. The highest BCUT2D eigenvalue weighted by Gasteiger charge is 2.19.